The predicted molar refractivity (Wildman–Crippen MR) is 66.8 cm³/mol. The van der Waals surface area contributed by atoms with Gasteiger partial charge in [0.15, 0.2) is 0 Å². The first-order valence-electron chi connectivity index (χ1n) is 5.81. The summed E-state index contributed by atoms with van der Waals surface area (Å²) < 4.78 is 23.5. The largest absolute Gasteiger partial charge is 0.460 e. The Kier molecular flexibility index (Phi) is 5.58. The molecular weight excluding hydrogens is 237 g/mol. The van der Waals surface area contributed by atoms with E-state index in [0.717, 1.165) is 0 Å². The minimum atomic E-state index is -0.765. The molecular formula is C13H18FNO3. The molecule has 4 nitrogen and oxygen atoms in total. The van der Waals surface area contributed by atoms with Gasteiger partial charge < -0.3 is 15.2 Å². The first-order valence-corrected chi connectivity index (χ1v) is 5.81. The summed E-state index contributed by atoms with van der Waals surface area (Å²) in [5.41, 5.74) is 5.37. The van der Waals surface area contributed by atoms with Crippen molar-refractivity contribution in [1.82, 2.24) is 0 Å². The average Bonchev–Trinajstić information content (AvgIpc) is 2.27. The van der Waals surface area contributed by atoms with Gasteiger partial charge in [-0.25, -0.2) is 9.18 Å². The van der Waals surface area contributed by atoms with Crippen molar-refractivity contribution in [3.05, 3.63) is 29.6 Å². The molecule has 0 aromatic heterocycles. The molecule has 2 N–H and O–H groups in total. The van der Waals surface area contributed by atoms with E-state index in [1.165, 1.54) is 18.2 Å². The van der Waals surface area contributed by atoms with Gasteiger partial charge in [-0.2, -0.15) is 0 Å². The van der Waals surface area contributed by atoms with Crippen molar-refractivity contribution < 1.29 is 18.7 Å². The van der Waals surface area contributed by atoms with E-state index in [4.69, 9.17) is 15.2 Å². The Morgan fingerprint density at radius 1 is 1.39 bits per heavy atom. The molecule has 1 rings (SSSR count). The van der Waals surface area contributed by atoms with Crippen molar-refractivity contribution in [2.45, 2.75) is 13.8 Å². The zero-order chi connectivity index (χ0) is 13.5. The molecule has 0 aliphatic carbocycles. The molecule has 1 aromatic rings. The van der Waals surface area contributed by atoms with E-state index in [2.05, 4.69) is 0 Å². The van der Waals surface area contributed by atoms with Crippen LogP contribution in [0.2, 0.25) is 0 Å². The lowest BCUT2D eigenvalue weighted by molar-refractivity contribution is 0.0274. The molecule has 0 fully saturated rings. The monoisotopic (exact) mass is 255 g/mol. The van der Waals surface area contributed by atoms with Crippen LogP contribution >= 0.6 is 0 Å². The second-order valence-electron chi connectivity index (χ2n) is 4.31. The fourth-order valence-corrected chi connectivity index (χ4v) is 1.34. The first kappa shape index (κ1) is 14.4. The summed E-state index contributed by atoms with van der Waals surface area (Å²) >= 11 is 0. The number of hydrogen-bond donors (Lipinski definition) is 1. The molecule has 0 spiro atoms. The van der Waals surface area contributed by atoms with Crippen molar-refractivity contribution in [3.8, 4) is 0 Å². The molecule has 0 radical (unpaired) electrons. The third-order valence-electron chi connectivity index (χ3n) is 2.16. The van der Waals surface area contributed by atoms with Crippen LogP contribution in [0.15, 0.2) is 18.2 Å². The van der Waals surface area contributed by atoms with Gasteiger partial charge in [0, 0.05) is 12.3 Å². The smallest absolute Gasteiger partial charge is 0.343 e. The van der Waals surface area contributed by atoms with Crippen molar-refractivity contribution in [2.24, 2.45) is 5.92 Å². The minimum absolute atomic E-state index is 0.0723. The Balaban J connectivity index is 2.41. The van der Waals surface area contributed by atoms with Gasteiger partial charge in [0.25, 0.3) is 0 Å². The molecule has 0 aliphatic heterocycles. The first-order chi connectivity index (χ1) is 8.52. The van der Waals surface area contributed by atoms with E-state index in [9.17, 15) is 9.18 Å². The number of ether oxygens (including phenoxy) is 2. The summed E-state index contributed by atoms with van der Waals surface area (Å²) in [6.07, 6.45) is 0. The Labute approximate surface area is 106 Å². The van der Waals surface area contributed by atoms with E-state index in [-0.39, 0.29) is 24.5 Å². The maximum atomic E-state index is 13.4. The average molecular weight is 255 g/mol. The zero-order valence-electron chi connectivity index (χ0n) is 10.6. The lowest BCUT2D eigenvalue weighted by atomic mass is 10.2. The van der Waals surface area contributed by atoms with Crippen LogP contribution in [0.1, 0.15) is 24.2 Å². The van der Waals surface area contributed by atoms with Gasteiger partial charge in [0.2, 0.25) is 0 Å². The Hall–Kier alpha value is -1.62. The van der Waals surface area contributed by atoms with Crippen LogP contribution in [0.4, 0.5) is 10.1 Å². The predicted octanol–water partition coefficient (Wildman–Crippen LogP) is 2.24. The molecule has 0 amide bonds. The summed E-state index contributed by atoms with van der Waals surface area (Å²) in [6, 6.07) is 4.06. The molecule has 0 heterocycles. The molecule has 0 unspecified atom stereocenters. The van der Waals surface area contributed by atoms with Gasteiger partial charge in [0.1, 0.15) is 18.0 Å². The molecule has 5 heteroatoms. The lowest BCUT2D eigenvalue weighted by Gasteiger charge is -2.09. The number of benzene rings is 1. The fraction of sp³-hybridized carbons (Fsp3) is 0.462. The SMILES string of the molecule is CC(C)COCCOC(=O)c1c(N)cccc1F. The maximum Gasteiger partial charge on any atom is 0.343 e. The van der Waals surface area contributed by atoms with Gasteiger partial charge in [-0.1, -0.05) is 19.9 Å². The van der Waals surface area contributed by atoms with E-state index in [0.29, 0.717) is 12.5 Å². The highest BCUT2D eigenvalue weighted by molar-refractivity contribution is 5.95. The summed E-state index contributed by atoms with van der Waals surface area (Å²) in [5.74, 6) is -1.02. The molecule has 100 valence electrons. The molecule has 18 heavy (non-hydrogen) atoms. The number of esters is 1. The molecule has 0 bridgehead atoms. The van der Waals surface area contributed by atoms with E-state index in [1.807, 2.05) is 13.8 Å². The van der Waals surface area contributed by atoms with Crippen LogP contribution in [0.5, 0.6) is 0 Å². The maximum absolute atomic E-state index is 13.4. The van der Waals surface area contributed by atoms with Gasteiger partial charge >= 0.3 is 5.97 Å². The second kappa shape index (κ2) is 6.96. The minimum Gasteiger partial charge on any atom is -0.460 e. The van der Waals surface area contributed by atoms with Crippen LogP contribution in [0.25, 0.3) is 0 Å². The fourth-order valence-electron chi connectivity index (χ4n) is 1.34. The quantitative estimate of drug-likeness (QED) is 0.481. The summed E-state index contributed by atoms with van der Waals surface area (Å²) in [6.45, 7) is 5.01. The highest BCUT2D eigenvalue weighted by Gasteiger charge is 2.16. The normalized spacial score (nSPS) is 10.7. The van der Waals surface area contributed by atoms with Crippen LogP contribution < -0.4 is 5.73 Å². The number of nitrogens with two attached hydrogens (primary N) is 1. The second-order valence-corrected chi connectivity index (χ2v) is 4.31. The highest BCUT2D eigenvalue weighted by Crippen LogP contribution is 2.16. The number of anilines is 1. The van der Waals surface area contributed by atoms with Crippen LogP contribution in [0.3, 0.4) is 0 Å². The van der Waals surface area contributed by atoms with E-state index in [1.54, 1.807) is 0 Å². The van der Waals surface area contributed by atoms with Crippen molar-refractivity contribution in [3.63, 3.8) is 0 Å². The number of hydrogen-bond acceptors (Lipinski definition) is 4. The van der Waals surface area contributed by atoms with E-state index < -0.39 is 11.8 Å². The molecule has 1 aromatic carbocycles. The van der Waals surface area contributed by atoms with Crippen LogP contribution in [-0.4, -0.2) is 25.8 Å². The summed E-state index contributed by atoms with van der Waals surface area (Å²) in [5, 5.41) is 0. The zero-order valence-corrected chi connectivity index (χ0v) is 10.6. The van der Waals surface area contributed by atoms with Crippen molar-refractivity contribution >= 4 is 11.7 Å². The summed E-state index contributed by atoms with van der Waals surface area (Å²) in [7, 11) is 0. The number of rotatable bonds is 6. The topological polar surface area (TPSA) is 61.5 Å². The molecule has 0 saturated carbocycles. The van der Waals surface area contributed by atoms with E-state index >= 15 is 0 Å². The molecule has 0 saturated heterocycles. The Morgan fingerprint density at radius 2 is 2.11 bits per heavy atom. The Morgan fingerprint density at radius 3 is 2.72 bits per heavy atom. The van der Waals surface area contributed by atoms with Gasteiger partial charge in [0.05, 0.1) is 6.61 Å². The van der Waals surface area contributed by atoms with Gasteiger partial charge in [-0.15, -0.1) is 0 Å². The van der Waals surface area contributed by atoms with Crippen molar-refractivity contribution in [1.29, 1.82) is 0 Å². The van der Waals surface area contributed by atoms with Gasteiger partial charge in [-0.05, 0) is 18.1 Å². The number of carbonyl (C=O) groups excluding carboxylic acids is 1. The number of halogens is 1. The van der Waals surface area contributed by atoms with Crippen molar-refractivity contribution in [2.75, 3.05) is 25.6 Å². The van der Waals surface area contributed by atoms with Gasteiger partial charge in [-0.3, -0.25) is 0 Å². The number of carbonyl (C=O) groups is 1. The Bertz CT molecular complexity index is 387. The standard InChI is InChI=1S/C13H18FNO3/c1-9(2)8-17-6-7-18-13(16)12-10(14)4-3-5-11(12)15/h3-5,9H,6-8,15H2,1-2H3. The van der Waals surface area contributed by atoms with Crippen LogP contribution in [0, 0.1) is 11.7 Å². The highest BCUT2D eigenvalue weighted by atomic mass is 19.1. The summed E-state index contributed by atoms with van der Waals surface area (Å²) in [4.78, 5) is 11.6. The molecule has 0 atom stereocenters. The lowest BCUT2D eigenvalue weighted by Crippen LogP contribution is -2.15. The third-order valence-corrected chi connectivity index (χ3v) is 2.16. The molecule has 0 aliphatic rings. The third kappa shape index (κ3) is 4.33. The van der Waals surface area contributed by atoms with Crippen LogP contribution in [-0.2, 0) is 9.47 Å². The number of nitrogen functional groups attached to an aromatic ring is 1.